The van der Waals surface area contributed by atoms with Crippen LogP contribution in [0, 0.1) is 11.7 Å². The molecular weight excluding hydrogens is 309 g/mol. The molecule has 1 aromatic heterocycles. The summed E-state index contributed by atoms with van der Waals surface area (Å²) in [6, 6.07) is 3.76. The van der Waals surface area contributed by atoms with Crippen LogP contribution in [0.3, 0.4) is 0 Å². The summed E-state index contributed by atoms with van der Waals surface area (Å²) in [4.78, 5) is 2.46. The number of hydrogen-bond acceptors (Lipinski definition) is 5. The lowest BCUT2D eigenvalue weighted by Gasteiger charge is -2.44. The zero-order valence-corrected chi connectivity index (χ0v) is 13.2. The number of benzene rings is 1. The number of ether oxygens (including phenoxy) is 1. The maximum Gasteiger partial charge on any atom is 0.211 e. The molecule has 5 rings (SSSR count). The van der Waals surface area contributed by atoms with E-state index >= 15 is 0 Å². The average Bonchev–Trinajstić information content (AvgIpc) is 2.93. The maximum atomic E-state index is 14.1. The summed E-state index contributed by atoms with van der Waals surface area (Å²) in [7, 11) is 1.44. The van der Waals surface area contributed by atoms with Crippen molar-refractivity contribution in [2.24, 2.45) is 5.92 Å². The fraction of sp³-hybridized carbons (Fsp3) is 0.533. The molecule has 5 nitrogen and oxygen atoms in total. The number of nitrogens with zero attached hydrogens (tertiary/aromatic N) is 2. The van der Waals surface area contributed by atoms with Crippen LogP contribution in [-0.4, -0.2) is 42.8 Å². The van der Waals surface area contributed by atoms with E-state index in [1.165, 1.54) is 33.0 Å². The van der Waals surface area contributed by atoms with Crippen LogP contribution in [0.4, 0.5) is 10.2 Å². The van der Waals surface area contributed by atoms with E-state index in [0.717, 1.165) is 6.54 Å². The highest BCUT2D eigenvalue weighted by atomic mass is 35.5. The smallest absolute Gasteiger partial charge is 0.211 e. The van der Waals surface area contributed by atoms with Crippen LogP contribution in [0.25, 0.3) is 11.0 Å². The molecule has 0 saturated carbocycles. The first-order valence-corrected chi connectivity index (χ1v) is 7.37. The summed E-state index contributed by atoms with van der Waals surface area (Å²) in [6.45, 7) is 3.40. The Labute approximate surface area is 134 Å². The molecule has 3 aliphatic rings. The lowest BCUT2D eigenvalue weighted by molar-refractivity contribution is 0.0973. The van der Waals surface area contributed by atoms with Gasteiger partial charge in [0.2, 0.25) is 11.4 Å². The van der Waals surface area contributed by atoms with E-state index in [1.54, 1.807) is 12.1 Å². The molecule has 1 N–H and O–H groups in total. The quantitative estimate of drug-likeness (QED) is 0.939. The first-order valence-electron chi connectivity index (χ1n) is 7.37. The Bertz CT molecular complexity index is 670. The third kappa shape index (κ3) is 2.40. The number of fused-ring (bicyclic) bond motifs is 4. The Balaban J connectivity index is 0.00000144. The highest BCUT2D eigenvalue weighted by molar-refractivity contribution is 5.89. The highest BCUT2D eigenvalue weighted by Gasteiger charge is 2.34. The van der Waals surface area contributed by atoms with Gasteiger partial charge in [0.15, 0.2) is 11.6 Å². The van der Waals surface area contributed by atoms with Gasteiger partial charge in [0.1, 0.15) is 0 Å². The van der Waals surface area contributed by atoms with Crippen molar-refractivity contribution in [2.45, 2.75) is 18.9 Å². The van der Waals surface area contributed by atoms with Gasteiger partial charge in [-0.25, -0.2) is 0 Å². The van der Waals surface area contributed by atoms with Crippen LogP contribution in [0.15, 0.2) is 16.7 Å². The van der Waals surface area contributed by atoms with Gasteiger partial charge in [-0.05, 0) is 44.0 Å². The third-order valence-electron chi connectivity index (χ3n) is 4.74. The first-order chi connectivity index (χ1) is 10.3. The predicted molar refractivity (Wildman–Crippen MR) is 84.3 cm³/mol. The van der Waals surface area contributed by atoms with E-state index in [1.807, 2.05) is 0 Å². The van der Waals surface area contributed by atoms with Crippen molar-refractivity contribution in [3.8, 4) is 5.75 Å². The largest absolute Gasteiger partial charge is 0.494 e. The van der Waals surface area contributed by atoms with Crippen LogP contribution in [0.5, 0.6) is 5.75 Å². The van der Waals surface area contributed by atoms with Gasteiger partial charge in [-0.15, -0.1) is 12.4 Å². The number of halogens is 2. The summed E-state index contributed by atoms with van der Waals surface area (Å²) < 4.78 is 24.2. The van der Waals surface area contributed by atoms with E-state index in [4.69, 9.17) is 9.26 Å². The number of methoxy groups -OCH3 is 1. The number of aromatic nitrogens is 1. The molecule has 3 saturated heterocycles. The Morgan fingerprint density at radius 1 is 1.36 bits per heavy atom. The molecule has 22 heavy (non-hydrogen) atoms. The molecule has 3 fully saturated rings. The summed E-state index contributed by atoms with van der Waals surface area (Å²) in [5.41, 5.74) is 0.151. The SMILES string of the molecule is COc1ccc2c(N[C@H]3CN4CCC3CC4)noc2c1F.Cl. The normalized spacial score (nSPS) is 26.7. The molecule has 4 heterocycles. The minimum Gasteiger partial charge on any atom is -0.494 e. The summed E-state index contributed by atoms with van der Waals surface area (Å²) in [5.74, 6) is 0.979. The van der Waals surface area contributed by atoms with Crippen molar-refractivity contribution in [1.82, 2.24) is 10.1 Å². The molecule has 1 atom stereocenters. The summed E-state index contributed by atoms with van der Waals surface area (Å²) in [6.07, 6.45) is 2.44. The molecule has 7 heteroatoms. The standard InChI is InChI=1S/C15H18FN3O2.ClH/c1-20-12-3-2-10-14(13(12)16)21-18-15(10)17-11-8-19-6-4-9(11)5-7-19;/h2-3,9,11H,4-8H2,1H3,(H,17,18);1H/t11-;/m0./s1. The third-order valence-corrected chi connectivity index (χ3v) is 4.74. The molecule has 120 valence electrons. The molecule has 0 aliphatic carbocycles. The van der Waals surface area contributed by atoms with E-state index in [2.05, 4.69) is 15.4 Å². The minimum atomic E-state index is -0.496. The number of anilines is 1. The van der Waals surface area contributed by atoms with Crippen molar-refractivity contribution < 1.29 is 13.7 Å². The zero-order chi connectivity index (χ0) is 14.4. The maximum absolute atomic E-state index is 14.1. The Morgan fingerprint density at radius 3 is 2.77 bits per heavy atom. The molecular formula is C15H19ClFN3O2. The van der Waals surface area contributed by atoms with E-state index in [-0.39, 0.29) is 23.7 Å². The molecule has 0 amide bonds. The van der Waals surface area contributed by atoms with E-state index < -0.39 is 5.82 Å². The summed E-state index contributed by atoms with van der Waals surface area (Å²) in [5, 5.41) is 8.13. The lowest BCUT2D eigenvalue weighted by Crippen LogP contribution is -2.53. The second kappa shape index (κ2) is 5.93. The van der Waals surface area contributed by atoms with Gasteiger partial charge in [-0.2, -0.15) is 4.39 Å². The number of rotatable bonds is 3. The van der Waals surface area contributed by atoms with Crippen molar-refractivity contribution >= 4 is 29.2 Å². The summed E-state index contributed by atoms with van der Waals surface area (Å²) >= 11 is 0. The lowest BCUT2D eigenvalue weighted by atomic mass is 9.84. The molecule has 1 aromatic carbocycles. The van der Waals surface area contributed by atoms with Gasteiger partial charge in [0, 0.05) is 12.6 Å². The van der Waals surface area contributed by atoms with Crippen molar-refractivity contribution in [1.29, 1.82) is 0 Å². The van der Waals surface area contributed by atoms with Crippen molar-refractivity contribution in [3.05, 3.63) is 17.9 Å². The molecule has 0 radical (unpaired) electrons. The Kier molecular flexibility index (Phi) is 4.14. The van der Waals surface area contributed by atoms with Crippen molar-refractivity contribution in [2.75, 3.05) is 32.1 Å². The van der Waals surface area contributed by atoms with Crippen LogP contribution >= 0.6 is 12.4 Å². The highest BCUT2D eigenvalue weighted by Crippen LogP contribution is 2.34. The van der Waals surface area contributed by atoms with Gasteiger partial charge in [0.25, 0.3) is 0 Å². The van der Waals surface area contributed by atoms with Gasteiger partial charge >= 0.3 is 0 Å². The number of nitrogens with one attached hydrogen (secondary N) is 1. The van der Waals surface area contributed by atoms with Gasteiger partial charge in [0.05, 0.1) is 12.5 Å². The Morgan fingerprint density at radius 2 is 2.14 bits per heavy atom. The van der Waals surface area contributed by atoms with E-state index in [0.29, 0.717) is 23.2 Å². The predicted octanol–water partition coefficient (Wildman–Crippen LogP) is 2.90. The molecule has 2 bridgehead atoms. The Hall–Kier alpha value is -1.53. The van der Waals surface area contributed by atoms with E-state index in [9.17, 15) is 4.39 Å². The fourth-order valence-corrected chi connectivity index (χ4v) is 3.52. The number of hydrogen-bond donors (Lipinski definition) is 1. The first kappa shape index (κ1) is 15.4. The van der Waals surface area contributed by atoms with Crippen LogP contribution < -0.4 is 10.1 Å². The van der Waals surface area contributed by atoms with Gasteiger partial charge in [-0.3, -0.25) is 0 Å². The fourth-order valence-electron chi connectivity index (χ4n) is 3.52. The van der Waals surface area contributed by atoms with Crippen LogP contribution in [0.2, 0.25) is 0 Å². The second-order valence-electron chi connectivity index (χ2n) is 5.88. The monoisotopic (exact) mass is 327 g/mol. The second-order valence-corrected chi connectivity index (χ2v) is 5.88. The van der Waals surface area contributed by atoms with Crippen molar-refractivity contribution in [3.63, 3.8) is 0 Å². The zero-order valence-electron chi connectivity index (χ0n) is 12.3. The average molecular weight is 328 g/mol. The van der Waals surface area contributed by atoms with Gasteiger partial charge < -0.3 is 19.5 Å². The van der Waals surface area contributed by atoms with Crippen LogP contribution in [0.1, 0.15) is 12.8 Å². The molecule has 0 unspecified atom stereocenters. The topological polar surface area (TPSA) is 50.5 Å². The number of piperidine rings is 3. The molecule has 2 aromatic rings. The minimum absolute atomic E-state index is 0. The van der Waals surface area contributed by atoms with Gasteiger partial charge in [-0.1, -0.05) is 5.16 Å². The molecule has 0 spiro atoms. The molecule has 3 aliphatic heterocycles. The van der Waals surface area contributed by atoms with Crippen LogP contribution in [-0.2, 0) is 0 Å².